The summed E-state index contributed by atoms with van der Waals surface area (Å²) in [6.07, 6.45) is 0.927. The highest BCUT2D eigenvalue weighted by atomic mass is 32.1. The van der Waals surface area contributed by atoms with Gasteiger partial charge < -0.3 is 19.7 Å². The number of methoxy groups -OCH3 is 2. The first kappa shape index (κ1) is 19.3. The molecular weight excluding hydrogens is 386 g/mol. The van der Waals surface area contributed by atoms with Crippen LogP contribution in [0, 0.1) is 6.92 Å². The second kappa shape index (κ2) is 8.13. The van der Waals surface area contributed by atoms with Gasteiger partial charge in [0.05, 0.1) is 31.5 Å². The summed E-state index contributed by atoms with van der Waals surface area (Å²) in [7, 11) is 3.16. The predicted molar refractivity (Wildman–Crippen MR) is 116 cm³/mol. The number of aryl methyl sites for hydroxylation is 1. The van der Waals surface area contributed by atoms with Gasteiger partial charge in [0.15, 0.2) is 11.5 Å². The van der Waals surface area contributed by atoms with E-state index in [4.69, 9.17) is 9.47 Å². The fourth-order valence-corrected chi connectivity index (χ4v) is 4.20. The molecule has 0 atom stereocenters. The second-order valence-corrected chi connectivity index (χ2v) is 7.95. The highest BCUT2D eigenvalue weighted by molar-refractivity contribution is 7.09. The minimum atomic E-state index is -0.0655. The van der Waals surface area contributed by atoms with Gasteiger partial charge >= 0.3 is 0 Å². The van der Waals surface area contributed by atoms with Gasteiger partial charge in [-0.15, -0.1) is 11.3 Å². The number of carbonyl (C=O) groups excluding carboxylic acids is 1. The molecule has 6 nitrogen and oxygen atoms in total. The lowest BCUT2D eigenvalue weighted by Crippen LogP contribution is -2.31. The Morgan fingerprint density at radius 2 is 2.00 bits per heavy atom. The number of amides is 1. The summed E-state index contributed by atoms with van der Waals surface area (Å²) in [4.78, 5) is 19.3. The fourth-order valence-electron chi connectivity index (χ4n) is 3.58. The van der Waals surface area contributed by atoms with E-state index in [1.165, 1.54) is 5.56 Å². The van der Waals surface area contributed by atoms with Crippen LogP contribution < -0.4 is 19.7 Å². The maximum atomic E-state index is 12.6. The van der Waals surface area contributed by atoms with Crippen LogP contribution >= 0.6 is 11.3 Å². The lowest BCUT2D eigenvalue weighted by molar-refractivity contribution is -0.115. The first-order valence-electron chi connectivity index (χ1n) is 9.39. The quantitative estimate of drug-likeness (QED) is 0.663. The second-order valence-electron chi connectivity index (χ2n) is 6.88. The standard InChI is InChI=1S/C22H23N3O3S/c1-14-23-18(13-29-14)15-4-6-19-16(10-15)8-9-25(19)12-22(26)24-17-5-7-20(27-2)21(11-17)28-3/h4-7,10-11,13H,8-9,12H2,1-3H3,(H,24,26). The Kier molecular flexibility index (Phi) is 5.40. The molecule has 0 aliphatic carbocycles. The first-order chi connectivity index (χ1) is 14.1. The van der Waals surface area contributed by atoms with Crippen LogP contribution in [0.2, 0.25) is 0 Å². The van der Waals surface area contributed by atoms with E-state index in [1.807, 2.05) is 6.92 Å². The number of rotatable bonds is 6. The SMILES string of the molecule is COc1ccc(NC(=O)CN2CCc3cc(-c4csc(C)n4)ccc32)cc1OC. The minimum absolute atomic E-state index is 0.0655. The molecule has 0 bridgehead atoms. The molecule has 2 aromatic carbocycles. The maximum absolute atomic E-state index is 12.6. The number of carbonyl (C=O) groups is 1. The molecule has 0 unspecified atom stereocenters. The average molecular weight is 410 g/mol. The molecule has 0 radical (unpaired) electrons. The van der Waals surface area contributed by atoms with E-state index in [0.717, 1.165) is 34.9 Å². The summed E-state index contributed by atoms with van der Waals surface area (Å²) < 4.78 is 10.5. The molecule has 2 heterocycles. The number of fused-ring (bicyclic) bond motifs is 1. The maximum Gasteiger partial charge on any atom is 0.243 e. The molecule has 7 heteroatoms. The average Bonchev–Trinajstić information content (AvgIpc) is 3.33. The Balaban J connectivity index is 1.44. The van der Waals surface area contributed by atoms with Crippen LogP contribution in [0.15, 0.2) is 41.8 Å². The number of nitrogens with one attached hydrogen (secondary N) is 1. The smallest absolute Gasteiger partial charge is 0.243 e. The van der Waals surface area contributed by atoms with Gasteiger partial charge in [0.25, 0.3) is 0 Å². The van der Waals surface area contributed by atoms with Gasteiger partial charge in [0.2, 0.25) is 5.91 Å². The molecule has 4 rings (SSSR count). The van der Waals surface area contributed by atoms with Gasteiger partial charge in [-0.2, -0.15) is 0 Å². The first-order valence-corrected chi connectivity index (χ1v) is 10.3. The van der Waals surface area contributed by atoms with E-state index in [1.54, 1.807) is 43.8 Å². The number of benzene rings is 2. The summed E-state index contributed by atoms with van der Waals surface area (Å²) in [5.41, 5.74) is 5.20. The van der Waals surface area contributed by atoms with Crippen molar-refractivity contribution in [2.24, 2.45) is 0 Å². The molecule has 0 saturated heterocycles. The van der Waals surface area contributed by atoms with Crippen LogP contribution in [0.3, 0.4) is 0 Å². The van der Waals surface area contributed by atoms with Gasteiger partial charge in [0, 0.05) is 34.9 Å². The van der Waals surface area contributed by atoms with Gasteiger partial charge in [-0.1, -0.05) is 6.07 Å². The number of aromatic nitrogens is 1. The minimum Gasteiger partial charge on any atom is -0.493 e. The van der Waals surface area contributed by atoms with E-state index in [2.05, 4.69) is 38.8 Å². The van der Waals surface area contributed by atoms with Gasteiger partial charge in [-0.25, -0.2) is 4.98 Å². The van der Waals surface area contributed by atoms with Gasteiger partial charge in [-0.3, -0.25) is 4.79 Å². The van der Waals surface area contributed by atoms with E-state index in [-0.39, 0.29) is 5.91 Å². The third-order valence-electron chi connectivity index (χ3n) is 4.99. The molecular formula is C22H23N3O3S. The van der Waals surface area contributed by atoms with Crippen LogP contribution in [-0.2, 0) is 11.2 Å². The fraction of sp³-hybridized carbons (Fsp3) is 0.273. The van der Waals surface area contributed by atoms with Crippen molar-refractivity contribution in [2.75, 3.05) is 37.5 Å². The summed E-state index contributed by atoms with van der Waals surface area (Å²) in [6, 6.07) is 11.7. The molecule has 1 aliphatic heterocycles. The van der Waals surface area contributed by atoms with Crippen molar-refractivity contribution in [3.8, 4) is 22.8 Å². The van der Waals surface area contributed by atoms with Crippen molar-refractivity contribution in [1.29, 1.82) is 0 Å². The monoisotopic (exact) mass is 409 g/mol. The molecule has 29 heavy (non-hydrogen) atoms. The van der Waals surface area contributed by atoms with E-state index in [0.29, 0.717) is 23.7 Å². The van der Waals surface area contributed by atoms with Crippen LogP contribution in [0.4, 0.5) is 11.4 Å². The van der Waals surface area contributed by atoms with E-state index in [9.17, 15) is 4.79 Å². The molecule has 0 spiro atoms. The zero-order valence-corrected chi connectivity index (χ0v) is 17.5. The zero-order chi connectivity index (χ0) is 20.4. The molecule has 1 aliphatic rings. The van der Waals surface area contributed by atoms with Crippen LogP contribution in [0.1, 0.15) is 10.6 Å². The number of ether oxygens (including phenoxy) is 2. The molecule has 150 valence electrons. The Labute approximate surface area is 174 Å². The molecule has 1 aromatic heterocycles. The summed E-state index contributed by atoms with van der Waals surface area (Å²) in [5, 5.41) is 6.09. The van der Waals surface area contributed by atoms with Gasteiger partial charge in [0.1, 0.15) is 0 Å². The Morgan fingerprint density at radius 3 is 2.72 bits per heavy atom. The Morgan fingerprint density at radius 1 is 1.17 bits per heavy atom. The lowest BCUT2D eigenvalue weighted by atomic mass is 10.1. The van der Waals surface area contributed by atoms with E-state index >= 15 is 0 Å². The third kappa shape index (κ3) is 4.05. The summed E-state index contributed by atoms with van der Waals surface area (Å²) in [6.45, 7) is 3.14. The number of thiazole rings is 1. The van der Waals surface area contributed by atoms with Crippen molar-refractivity contribution in [3.63, 3.8) is 0 Å². The summed E-state index contributed by atoms with van der Waals surface area (Å²) >= 11 is 1.66. The van der Waals surface area contributed by atoms with Gasteiger partial charge in [-0.05, 0) is 43.2 Å². The number of nitrogens with zero attached hydrogens (tertiary/aromatic N) is 2. The molecule has 1 N–H and O–H groups in total. The Bertz CT molecular complexity index is 1050. The number of hydrogen-bond donors (Lipinski definition) is 1. The molecule has 3 aromatic rings. The largest absolute Gasteiger partial charge is 0.493 e. The van der Waals surface area contributed by atoms with Crippen LogP contribution in [-0.4, -0.2) is 38.2 Å². The zero-order valence-electron chi connectivity index (χ0n) is 16.7. The Hall–Kier alpha value is -3.06. The number of hydrogen-bond acceptors (Lipinski definition) is 6. The highest BCUT2D eigenvalue weighted by Gasteiger charge is 2.22. The van der Waals surface area contributed by atoms with Crippen molar-refractivity contribution in [3.05, 3.63) is 52.3 Å². The van der Waals surface area contributed by atoms with E-state index < -0.39 is 0 Å². The molecule has 0 saturated carbocycles. The van der Waals surface area contributed by atoms with Crippen molar-refractivity contribution >= 4 is 28.6 Å². The van der Waals surface area contributed by atoms with Crippen molar-refractivity contribution in [1.82, 2.24) is 4.98 Å². The molecule has 1 amide bonds. The highest BCUT2D eigenvalue weighted by Crippen LogP contribution is 2.33. The summed E-state index contributed by atoms with van der Waals surface area (Å²) in [5.74, 6) is 1.15. The third-order valence-corrected chi connectivity index (χ3v) is 5.76. The lowest BCUT2D eigenvalue weighted by Gasteiger charge is -2.19. The topological polar surface area (TPSA) is 63.7 Å². The molecule has 0 fully saturated rings. The normalized spacial score (nSPS) is 12.6. The predicted octanol–water partition coefficient (Wildman–Crippen LogP) is 4.14. The van der Waals surface area contributed by atoms with Crippen molar-refractivity contribution in [2.45, 2.75) is 13.3 Å². The number of anilines is 2. The van der Waals surface area contributed by atoms with Crippen LogP contribution in [0.5, 0.6) is 11.5 Å². The van der Waals surface area contributed by atoms with Crippen molar-refractivity contribution < 1.29 is 14.3 Å². The van der Waals surface area contributed by atoms with Crippen LogP contribution in [0.25, 0.3) is 11.3 Å².